The van der Waals surface area contributed by atoms with Gasteiger partial charge in [0.05, 0.1) is 11.2 Å². The van der Waals surface area contributed by atoms with E-state index in [-0.39, 0.29) is 16.6 Å². The van der Waals surface area contributed by atoms with Gasteiger partial charge in [-0.2, -0.15) is 0 Å². The standard InChI is InChI=1S/C15H23BClNO2/c1-13(2,3)12-8-11(17)10(9-18-12)16-19-14(4,5)15(6,7)20-16/h8-9H,1-7H3. The molecule has 0 unspecified atom stereocenters. The van der Waals surface area contributed by atoms with Crippen molar-refractivity contribution in [3.8, 4) is 0 Å². The Bertz CT molecular complexity index is 507. The van der Waals surface area contributed by atoms with Gasteiger partial charge in [0.1, 0.15) is 0 Å². The third-order valence-electron chi connectivity index (χ3n) is 4.16. The Morgan fingerprint density at radius 3 is 2.00 bits per heavy atom. The molecular formula is C15H23BClNO2. The fraction of sp³-hybridized carbons (Fsp3) is 0.667. The lowest BCUT2D eigenvalue weighted by Crippen LogP contribution is -2.41. The van der Waals surface area contributed by atoms with Gasteiger partial charge >= 0.3 is 7.12 Å². The first-order valence-corrected chi connectivity index (χ1v) is 7.33. The summed E-state index contributed by atoms with van der Waals surface area (Å²) in [6, 6.07) is 1.90. The zero-order valence-corrected chi connectivity index (χ0v) is 14.1. The highest BCUT2D eigenvalue weighted by atomic mass is 35.5. The van der Waals surface area contributed by atoms with Crippen LogP contribution in [0.15, 0.2) is 12.3 Å². The predicted octanol–water partition coefficient (Wildman–Crippen LogP) is 3.33. The highest BCUT2D eigenvalue weighted by Crippen LogP contribution is 2.37. The molecule has 0 N–H and O–H groups in total. The summed E-state index contributed by atoms with van der Waals surface area (Å²) in [6.45, 7) is 14.4. The number of rotatable bonds is 1. The van der Waals surface area contributed by atoms with Gasteiger partial charge in [0, 0.05) is 27.8 Å². The Morgan fingerprint density at radius 1 is 1.10 bits per heavy atom. The molecule has 3 nitrogen and oxygen atoms in total. The number of halogens is 1. The maximum atomic E-state index is 6.40. The lowest BCUT2D eigenvalue weighted by Gasteiger charge is -2.32. The van der Waals surface area contributed by atoms with E-state index in [0.717, 1.165) is 11.2 Å². The fourth-order valence-corrected chi connectivity index (χ4v) is 2.24. The first kappa shape index (κ1) is 15.8. The van der Waals surface area contributed by atoms with Gasteiger partial charge in [-0.1, -0.05) is 32.4 Å². The molecule has 1 aliphatic rings. The van der Waals surface area contributed by atoms with Crippen molar-refractivity contribution in [1.82, 2.24) is 4.98 Å². The van der Waals surface area contributed by atoms with Crippen LogP contribution in [0.3, 0.4) is 0 Å². The fourth-order valence-electron chi connectivity index (χ4n) is 2.00. The summed E-state index contributed by atoms with van der Waals surface area (Å²) in [4.78, 5) is 4.51. The van der Waals surface area contributed by atoms with E-state index in [1.54, 1.807) is 6.20 Å². The van der Waals surface area contributed by atoms with Gasteiger partial charge in [-0.25, -0.2) is 0 Å². The normalized spacial score (nSPS) is 21.3. The molecule has 0 spiro atoms. The van der Waals surface area contributed by atoms with Gasteiger partial charge in [-0.05, 0) is 33.8 Å². The number of nitrogens with zero attached hydrogens (tertiary/aromatic N) is 1. The molecule has 0 aromatic carbocycles. The van der Waals surface area contributed by atoms with Crippen LogP contribution in [0.2, 0.25) is 5.02 Å². The van der Waals surface area contributed by atoms with Gasteiger partial charge in [0.25, 0.3) is 0 Å². The average molecular weight is 296 g/mol. The Balaban J connectivity index is 2.33. The molecule has 2 heterocycles. The van der Waals surface area contributed by atoms with Crippen molar-refractivity contribution in [3.05, 3.63) is 23.0 Å². The van der Waals surface area contributed by atoms with E-state index >= 15 is 0 Å². The van der Waals surface area contributed by atoms with Crippen LogP contribution >= 0.6 is 11.6 Å². The number of aromatic nitrogens is 1. The van der Waals surface area contributed by atoms with Crippen LogP contribution in [0, 0.1) is 0 Å². The van der Waals surface area contributed by atoms with Crippen molar-refractivity contribution in [2.75, 3.05) is 0 Å². The predicted molar refractivity (Wildman–Crippen MR) is 83.7 cm³/mol. The maximum absolute atomic E-state index is 6.40. The number of hydrogen-bond donors (Lipinski definition) is 0. The van der Waals surface area contributed by atoms with Gasteiger partial charge in [-0.15, -0.1) is 0 Å². The van der Waals surface area contributed by atoms with E-state index in [1.807, 2.05) is 33.8 Å². The van der Waals surface area contributed by atoms with Crippen LogP contribution < -0.4 is 5.46 Å². The summed E-state index contributed by atoms with van der Waals surface area (Å²) in [7, 11) is -0.464. The van der Waals surface area contributed by atoms with Crippen LogP contribution in [-0.4, -0.2) is 23.3 Å². The van der Waals surface area contributed by atoms with Crippen molar-refractivity contribution in [2.45, 2.75) is 65.1 Å². The van der Waals surface area contributed by atoms with Crippen LogP contribution in [0.1, 0.15) is 54.2 Å². The topological polar surface area (TPSA) is 31.4 Å². The first-order chi connectivity index (χ1) is 8.94. The summed E-state index contributed by atoms with van der Waals surface area (Å²) >= 11 is 6.40. The smallest absolute Gasteiger partial charge is 0.399 e. The lowest BCUT2D eigenvalue weighted by molar-refractivity contribution is 0.00578. The molecule has 0 saturated carbocycles. The van der Waals surface area contributed by atoms with Crippen LogP contribution in [0.25, 0.3) is 0 Å². The summed E-state index contributed by atoms with van der Waals surface area (Å²) in [5.41, 5.74) is 0.979. The van der Waals surface area contributed by atoms with Crippen molar-refractivity contribution in [2.24, 2.45) is 0 Å². The molecule has 1 fully saturated rings. The van der Waals surface area contributed by atoms with E-state index in [9.17, 15) is 0 Å². The Labute approximate surface area is 127 Å². The molecule has 2 rings (SSSR count). The molecule has 5 heteroatoms. The highest BCUT2D eigenvalue weighted by molar-refractivity contribution is 6.65. The Hall–Kier alpha value is -0.575. The molecule has 110 valence electrons. The zero-order valence-electron chi connectivity index (χ0n) is 13.4. The van der Waals surface area contributed by atoms with Crippen molar-refractivity contribution in [1.29, 1.82) is 0 Å². The number of pyridine rings is 1. The quantitative estimate of drug-likeness (QED) is 0.745. The molecule has 0 amide bonds. The van der Waals surface area contributed by atoms with Crippen molar-refractivity contribution in [3.63, 3.8) is 0 Å². The summed E-state index contributed by atoms with van der Waals surface area (Å²) in [6.07, 6.45) is 1.77. The van der Waals surface area contributed by atoms with E-state index in [1.165, 1.54) is 0 Å². The molecule has 1 aromatic heterocycles. The summed E-state index contributed by atoms with van der Waals surface area (Å²) in [5.74, 6) is 0. The molecule has 0 radical (unpaired) electrons. The Morgan fingerprint density at radius 2 is 1.60 bits per heavy atom. The second kappa shape index (κ2) is 4.72. The van der Waals surface area contributed by atoms with Crippen LogP contribution in [0.4, 0.5) is 0 Å². The summed E-state index contributed by atoms with van der Waals surface area (Å²) < 4.78 is 12.0. The van der Waals surface area contributed by atoms with Gasteiger partial charge < -0.3 is 9.31 Å². The summed E-state index contributed by atoms with van der Waals surface area (Å²) in [5, 5.41) is 0.642. The second-order valence-corrected chi connectivity index (χ2v) is 7.84. The molecule has 1 aliphatic heterocycles. The van der Waals surface area contributed by atoms with Gasteiger partial charge in [-0.3, -0.25) is 4.98 Å². The average Bonchev–Trinajstić information content (AvgIpc) is 2.46. The lowest BCUT2D eigenvalue weighted by atomic mass is 9.79. The van der Waals surface area contributed by atoms with E-state index in [4.69, 9.17) is 20.9 Å². The second-order valence-electron chi connectivity index (χ2n) is 7.43. The van der Waals surface area contributed by atoms with Gasteiger partial charge in [0.2, 0.25) is 0 Å². The molecule has 0 aliphatic carbocycles. The largest absolute Gasteiger partial charge is 0.497 e. The monoisotopic (exact) mass is 295 g/mol. The van der Waals surface area contributed by atoms with Gasteiger partial charge in [0.15, 0.2) is 0 Å². The van der Waals surface area contributed by atoms with Crippen LogP contribution in [-0.2, 0) is 14.7 Å². The molecule has 0 bridgehead atoms. The SMILES string of the molecule is CC(C)(C)c1cc(Cl)c(B2OC(C)(C)C(C)(C)O2)cn1. The molecular weight excluding hydrogens is 272 g/mol. The molecule has 1 saturated heterocycles. The molecule has 0 atom stereocenters. The highest BCUT2D eigenvalue weighted by Gasteiger charge is 2.52. The zero-order chi connectivity index (χ0) is 15.3. The maximum Gasteiger partial charge on any atom is 0.497 e. The minimum Gasteiger partial charge on any atom is -0.399 e. The first-order valence-electron chi connectivity index (χ1n) is 6.96. The van der Waals surface area contributed by atoms with Crippen LogP contribution in [0.5, 0.6) is 0 Å². The third-order valence-corrected chi connectivity index (χ3v) is 4.48. The van der Waals surface area contributed by atoms with E-state index < -0.39 is 7.12 Å². The Kier molecular flexibility index (Phi) is 3.73. The third kappa shape index (κ3) is 2.74. The minimum absolute atomic E-state index is 0.0297. The van der Waals surface area contributed by atoms with E-state index in [2.05, 4.69) is 25.8 Å². The molecule has 20 heavy (non-hydrogen) atoms. The van der Waals surface area contributed by atoms with Crippen molar-refractivity contribution >= 4 is 24.2 Å². The number of hydrogen-bond acceptors (Lipinski definition) is 3. The minimum atomic E-state index is -0.464. The van der Waals surface area contributed by atoms with Crippen molar-refractivity contribution < 1.29 is 9.31 Å². The molecule has 1 aromatic rings. The van der Waals surface area contributed by atoms with E-state index in [0.29, 0.717) is 5.02 Å².